The molecule has 0 radical (unpaired) electrons. The van der Waals surface area contributed by atoms with Gasteiger partial charge < -0.3 is 0 Å². The number of nitrogens with zero attached hydrogens (tertiary/aromatic N) is 3. The lowest BCUT2D eigenvalue weighted by molar-refractivity contribution is -0.118. The van der Waals surface area contributed by atoms with Crippen LogP contribution in [0, 0.1) is 0 Å². The molecule has 1 aliphatic rings. The molecule has 0 spiro atoms. The van der Waals surface area contributed by atoms with Crippen LogP contribution < -0.4 is 11.0 Å². The third kappa shape index (κ3) is 5.55. The zero-order chi connectivity index (χ0) is 26.0. The molecule has 1 amide bonds. The van der Waals surface area contributed by atoms with Gasteiger partial charge in [-0.15, -0.1) is 11.3 Å². The maximum absolute atomic E-state index is 13.7. The summed E-state index contributed by atoms with van der Waals surface area (Å²) >= 11 is 2.87. The third-order valence-corrected chi connectivity index (χ3v) is 8.61. The molecule has 5 rings (SSSR count). The topological polar surface area (TPSA) is 76.3 Å². The molecule has 1 aliphatic carbocycles. The van der Waals surface area contributed by atoms with Crippen LogP contribution in [0.2, 0.25) is 0 Å². The minimum absolute atomic E-state index is 0.0600. The monoisotopic (exact) mass is 530 g/mol. The summed E-state index contributed by atoms with van der Waals surface area (Å²) in [5.41, 5.74) is 6.68. The van der Waals surface area contributed by atoms with Crippen LogP contribution in [-0.2, 0) is 23.1 Å². The molecule has 0 bridgehead atoms. The van der Waals surface area contributed by atoms with Gasteiger partial charge in [0.1, 0.15) is 4.83 Å². The summed E-state index contributed by atoms with van der Waals surface area (Å²) < 4.78 is 1.64. The van der Waals surface area contributed by atoms with E-state index in [9.17, 15) is 9.59 Å². The van der Waals surface area contributed by atoms with Gasteiger partial charge in [-0.1, -0.05) is 75.0 Å². The Morgan fingerprint density at radius 3 is 2.57 bits per heavy atom. The predicted octanol–water partition coefficient (Wildman–Crippen LogP) is 5.87. The average Bonchev–Trinajstić information content (AvgIpc) is 3.26. The molecule has 2 aromatic carbocycles. The summed E-state index contributed by atoms with van der Waals surface area (Å²) in [4.78, 5) is 33.2. The van der Waals surface area contributed by atoms with Gasteiger partial charge in [0, 0.05) is 4.88 Å². The van der Waals surface area contributed by atoms with Gasteiger partial charge in [0.15, 0.2) is 5.16 Å². The van der Waals surface area contributed by atoms with Crippen LogP contribution in [-0.4, -0.2) is 27.4 Å². The molecule has 0 atom stereocenters. The van der Waals surface area contributed by atoms with Crippen molar-refractivity contribution in [3.8, 4) is 5.69 Å². The fourth-order valence-corrected chi connectivity index (χ4v) is 6.61. The van der Waals surface area contributed by atoms with E-state index in [2.05, 4.69) is 43.4 Å². The van der Waals surface area contributed by atoms with Gasteiger partial charge in [-0.05, 0) is 59.9 Å². The molecule has 0 aliphatic heterocycles. The maximum Gasteiger partial charge on any atom is 0.267 e. The fraction of sp³-hybridized carbons (Fsp3) is 0.310. The van der Waals surface area contributed by atoms with Gasteiger partial charge >= 0.3 is 0 Å². The van der Waals surface area contributed by atoms with Crippen LogP contribution in [0.1, 0.15) is 55.2 Å². The number of para-hydroxylation sites is 1. The lowest BCUT2D eigenvalue weighted by Crippen LogP contribution is -2.24. The second-order valence-electron chi connectivity index (χ2n) is 10.2. The Hall–Kier alpha value is -3.23. The van der Waals surface area contributed by atoms with Gasteiger partial charge in [0.2, 0.25) is 0 Å². The molecule has 8 heteroatoms. The van der Waals surface area contributed by atoms with Gasteiger partial charge in [0.25, 0.3) is 11.5 Å². The van der Waals surface area contributed by atoms with Crippen molar-refractivity contribution < 1.29 is 4.79 Å². The molecular formula is C29H30N4O2S2. The first-order valence-electron chi connectivity index (χ1n) is 12.5. The van der Waals surface area contributed by atoms with Crippen LogP contribution in [0.3, 0.4) is 0 Å². The highest BCUT2D eigenvalue weighted by Crippen LogP contribution is 2.35. The number of hydrogen-bond donors (Lipinski definition) is 1. The number of carbonyl (C=O) groups excluding carboxylic acids is 1. The van der Waals surface area contributed by atoms with E-state index in [0.717, 1.165) is 52.7 Å². The predicted molar refractivity (Wildman–Crippen MR) is 153 cm³/mol. The van der Waals surface area contributed by atoms with Gasteiger partial charge in [-0.2, -0.15) is 5.10 Å². The van der Waals surface area contributed by atoms with E-state index in [-0.39, 0.29) is 22.6 Å². The second-order valence-corrected chi connectivity index (χ2v) is 12.2. The first-order valence-corrected chi connectivity index (χ1v) is 14.3. The number of rotatable bonds is 6. The van der Waals surface area contributed by atoms with Crippen molar-refractivity contribution in [1.82, 2.24) is 15.0 Å². The van der Waals surface area contributed by atoms with Crippen LogP contribution in [0.4, 0.5) is 0 Å². The molecule has 0 fully saturated rings. The molecule has 0 unspecified atom stereocenters. The van der Waals surface area contributed by atoms with Gasteiger partial charge in [-0.3, -0.25) is 14.2 Å². The molecule has 0 saturated heterocycles. The minimum atomic E-state index is -0.257. The van der Waals surface area contributed by atoms with Crippen molar-refractivity contribution in [3.05, 3.63) is 86.5 Å². The number of amides is 1. The molecule has 2 heterocycles. The van der Waals surface area contributed by atoms with Crippen molar-refractivity contribution >= 4 is 45.4 Å². The molecule has 2 aromatic heterocycles. The summed E-state index contributed by atoms with van der Waals surface area (Å²) in [6, 6.07) is 17.6. The zero-order valence-corrected chi connectivity index (χ0v) is 22.9. The minimum Gasteiger partial charge on any atom is -0.272 e. The zero-order valence-electron chi connectivity index (χ0n) is 21.3. The summed E-state index contributed by atoms with van der Waals surface area (Å²) in [7, 11) is 0. The molecule has 37 heavy (non-hydrogen) atoms. The van der Waals surface area contributed by atoms with Gasteiger partial charge in [0.05, 0.1) is 23.0 Å². The number of hydrogen-bond acceptors (Lipinski definition) is 6. The number of aryl methyl sites for hydroxylation is 2. The SMILES string of the molecule is CC(C)(C)c1ccc(C=NNC(=O)CSc2nc3sc4c(c3c(=O)n2-c2ccccc2)CCCC4)cc1. The van der Waals surface area contributed by atoms with Crippen LogP contribution in [0.25, 0.3) is 15.9 Å². The third-order valence-electron chi connectivity index (χ3n) is 6.48. The standard InChI is InChI=1S/C29H30N4O2S2/c1-29(2,3)20-15-13-19(14-16-20)17-30-32-24(34)18-36-28-31-26-25(22-11-7-8-12-23(22)37-26)27(35)33(28)21-9-5-4-6-10-21/h4-6,9-10,13-17H,7-8,11-12,18H2,1-3H3,(H,32,34). The van der Waals surface area contributed by atoms with Gasteiger partial charge in [-0.25, -0.2) is 10.4 Å². The highest BCUT2D eigenvalue weighted by Gasteiger charge is 2.23. The van der Waals surface area contributed by atoms with E-state index in [4.69, 9.17) is 4.98 Å². The number of hydrazone groups is 1. The number of fused-ring (bicyclic) bond motifs is 3. The number of benzene rings is 2. The van der Waals surface area contributed by atoms with Crippen LogP contribution in [0.5, 0.6) is 0 Å². The lowest BCUT2D eigenvalue weighted by Gasteiger charge is -2.18. The molecule has 6 nitrogen and oxygen atoms in total. The molecule has 0 saturated carbocycles. The molecular weight excluding hydrogens is 500 g/mol. The summed E-state index contributed by atoms with van der Waals surface area (Å²) in [6.45, 7) is 6.51. The largest absolute Gasteiger partial charge is 0.272 e. The highest BCUT2D eigenvalue weighted by molar-refractivity contribution is 7.99. The Labute approximate surface area is 224 Å². The van der Waals surface area contributed by atoms with E-state index in [0.29, 0.717) is 5.16 Å². The second kappa shape index (κ2) is 10.6. The highest BCUT2D eigenvalue weighted by atomic mass is 32.2. The Balaban J connectivity index is 1.35. The average molecular weight is 531 g/mol. The number of thiophene rings is 1. The smallest absolute Gasteiger partial charge is 0.267 e. The fourth-order valence-electron chi connectivity index (χ4n) is 4.50. The Morgan fingerprint density at radius 1 is 1.11 bits per heavy atom. The van der Waals surface area contributed by atoms with Crippen molar-refractivity contribution in [3.63, 3.8) is 0 Å². The number of nitrogens with one attached hydrogen (secondary N) is 1. The van der Waals surface area contributed by atoms with Crippen LogP contribution >= 0.6 is 23.1 Å². The van der Waals surface area contributed by atoms with Crippen molar-refractivity contribution in [1.29, 1.82) is 0 Å². The summed E-state index contributed by atoms with van der Waals surface area (Å²) in [5, 5.41) is 5.36. The van der Waals surface area contributed by atoms with Crippen molar-refractivity contribution in [2.45, 2.75) is 57.0 Å². The van der Waals surface area contributed by atoms with E-state index in [1.165, 1.54) is 22.2 Å². The van der Waals surface area contributed by atoms with Crippen molar-refractivity contribution in [2.75, 3.05) is 5.75 Å². The molecule has 190 valence electrons. The van der Waals surface area contributed by atoms with E-state index >= 15 is 0 Å². The van der Waals surface area contributed by atoms with Crippen molar-refractivity contribution in [2.24, 2.45) is 5.10 Å². The number of thioether (sulfide) groups is 1. The summed E-state index contributed by atoms with van der Waals surface area (Å²) in [5.74, 6) is -0.164. The first-order chi connectivity index (χ1) is 17.8. The number of aromatic nitrogens is 2. The van der Waals surface area contributed by atoms with E-state index in [1.807, 2.05) is 42.5 Å². The quantitative estimate of drug-likeness (QED) is 0.146. The Morgan fingerprint density at radius 2 is 1.84 bits per heavy atom. The normalized spacial score (nSPS) is 13.7. The molecule has 1 N–H and O–H groups in total. The Kier molecular flexibility index (Phi) is 7.31. The maximum atomic E-state index is 13.7. The van der Waals surface area contributed by atoms with E-state index < -0.39 is 0 Å². The summed E-state index contributed by atoms with van der Waals surface area (Å²) in [6.07, 6.45) is 5.81. The lowest BCUT2D eigenvalue weighted by atomic mass is 9.87. The molecule has 4 aromatic rings. The number of carbonyl (C=O) groups is 1. The van der Waals surface area contributed by atoms with Crippen LogP contribution in [0.15, 0.2) is 69.6 Å². The van der Waals surface area contributed by atoms with E-state index in [1.54, 1.807) is 22.1 Å². The first kappa shape index (κ1) is 25.4. The Bertz CT molecular complexity index is 1510.